The highest BCUT2D eigenvalue weighted by molar-refractivity contribution is 5.84. The molecule has 3 aliphatic carbocycles. The third kappa shape index (κ3) is 2.32. The molecular weight excluding hydrogens is 322 g/mol. The normalized spacial score (nSPS) is 39.3. The molecule has 2 saturated carbocycles. The number of methoxy groups -OCH3 is 1. The molecule has 0 radical (unpaired) electrons. The van der Waals surface area contributed by atoms with Crippen molar-refractivity contribution in [3.63, 3.8) is 0 Å². The fraction of sp³-hybridized carbons (Fsp3) is 0.696. The van der Waals surface area contributed by atoms with Gasteiger partial charge in [0, 0.05) is 30.3 Å². The summed E-state index contributed by atoms with van der Waals surface area (Å²) < 4.78 is 5.56. The van der Waals surface area contributed by atoms with Crippen LogP contribution in [0.25, 0.3) is 0 Å². The number of likely N-dealkylation sites (tertiary alicyclic amines) is 1. The van der Waals surface area contributed by atoms with Gasteiger partial charge in [0.25, 0.3) is 0 Å². The molecule has 4 aliphatic rings. The Hall–Kier alpha value is -1.35. The first-order chi connectivity index (χ1) is 12.5. The fourth-order valence-corrected chi connectivity index (χ4v) is 6.48. The van der Waals surface area contributed by atoms with Crippen LogP contribution in [0, 0.1) is 23.7 Å². The molecule has 0 unspecified atom stereocenters. The Morgan fingerprint density at radius 3 is 2.81 bits per heavy atom. The standard InChI is InChI=1S/C23H31NO2/c1-14-15(2)22-20-10-17-6-7-18(26-3)11-19(17)23(22,12-21(14)25)8-9-24(20)13-16-4-5-16/h6-7,11,14-16,20,22H,4-5,8-10,12-13H2,1-3H3/t14-,15-,20+,22-,23+/m0/s1. The lowest BCUT2D eigenvalue weighted by atomic mass is 9.47. The van der Waals surface area contributed by atoms with Crippen LogP contribution in [0.5, 0.6) is 5.75 Å². The molecule has 0 spiro atoms. The van der Waals surface area contributed by atoms with Gasteiger partial charge >= 0.3 is 0 Å². The number of piperidine rings is 1. The summed E-state index contributed by atoms with van der Waals surface area (Å²) in [6, 6.07) is 7.24. The van der Waals surface area contributed by atoms with Crippen molar-refractivity contribution in [3.05, 3.63) is 29.3 Å². The van der Waals surface area contributed by atoms with Gasteiger partial charge in [-0.25, -0.2) is 0 Å². The molecule has 5 atom stereocenters. The quantitative estimate of drug-likeness (QED) is 0.827. The number of benzene rings is 1. The number of hydrogen-bond donors (Lipinski definition) is 0. The number of ether oxygens (including phenoxy) is 1. The van der Waals surface area contributed by atoms with E-state index in [1.54, 1.807) is 7.11 Å². The van der Waals surface area contributed by atoms with Crippen molar-refractivity contribution in [2.45, 2.75) is 57.4 Å². The molecule has 1 aromatic rings. The second-order valence-electron chi connectivity index (χ2n) is 9.46. The van der Waals surface area contributed by atoms with E-state index in [0.717, 1.165) is 37.5 Å². The summed E-state index contributed by atoms with van der Waals surface area (Å²) in [5.41, 5.74) is 2.92. The van der Waals surface area contributed by atoms with E-state index in [-0.39, 0.29) is 11.3 Å². The van der Waals surface area contributed by atoms with Crippen LogP contribution in [0.1, 0.15) is 50.7 Å². The van der Waals surface area contributed by atoms with Gasteiger partial charge in [0.05, 0.1) is 7.11 Å². The SMILES string of the molecule is COc1ccc2c(c1)[C@]13CCN(CC4CC4)[C@H](C2)[C@@H]1[C@@H](C)[C@H](C)C(=O)C3. The summed E-state index contributed by atoms with van der Waals surface area (Å²) in [5.74, 6) is 3.60. The van der Waals surface area contributed by atoms with Crippen LogP contribution >= 0.6 is 0 Å². The predicted molar refractivity (Wildman–Crippen MR) is 103 cm³/mol. The van der Waals surface area contributed by atoms with Crippen molar-refractivity contribution >= 4 is 5.78 Å². The Kier molecular flexibility index (Phi) is 3.76. The van der Waals surface area contributed by atoms with Crippen LogP contribution in [0.3, 0.4) is 0 Å². The van der Waals surface area contributed by atoms with Crippen LogP contribution in [0.15, 0.2) is 18.2 Å². The number of nitrogens with zero attached hydrogens (tertiary/aromatic N) is 1. The summed E-state index contributed by atoms with van der Waals surface area (Å²) in [5, 5.41) is 0. The van der Waals surface area contributed by atoms with Crippen LogP contribution in [0.2, 0.25) is 0 Å². The monoisotopic (exact) mass is 353 g/mol. The molecule has 1 aromatic carbocycles. The van der Waals surface area contributed by atoms with Gasteiger partial charge in [0.1, 0.15) is 11.5 Å². The minimum absolute atomic E-state index is 0.0376. The van der Waals surface area contributed by atoms with Crippen LogP contribution in [-0.2, 0) is 16.6 Å². The maximum absolute atomic E-state index is 12.9. The molecule has 3 fully saturated rings. The number of carbonyl (C=O) groups excluding carboxylic acids is 1. The summed E-state index contributed by atoms with van der Waals surface area (Å²) in [4.78, 5) is 15.7. The number of fused-ring (bicyclic) bond motifs is 1. The number of Topliss-reactive ketones (excluding diaryl/α,β-unsaturated/α-hetero) is 1. The average molecular weight is 354 g/mol. The van der Waals surface area contributed by atoms with Crippen molar-refractivity contribution in [2.75, 3.05) is 20.2 Å². The zero-order chi connectivity index (χ0) is 18.1. The summed E-state index contributed by atoms with van der Waals surface area (Å²) in [7, 11) is 1.75. The highest BCUT2D eigenvalue weighted by Gasteiger charge is 2.59. The van der Waals surface area contributed by atoms with Gasteiger partial charge in [-0.3, -0.25) is 9.69 Å². The average Bonchev–Trinajstić information content (AvgIpc) is 3.46. The zero-order valence-electron chi connectivity index (χ0n) is 16.3. The lowest BCUT2D eigenvalue weighted by molar-refractivity contribution is -0.138. The first-order valence-corrected chi connectivity index (χ1v) is 10.5. The van der Waals surface area contributed by atoms with Crippen molar-refractivity contribution in [1.29, 1.82) is 0 Å². The summed E-state index contributed by atoms with van der Waals surface area (Å²) in [6.07, 6.45) is 5.83. The second kappa shape index (κ2) is 5.82. The van der Waals surface area contributed by atoms with E-state index in [2.05, 4.69) is 36.9 Å². The number of carbonyl (C=O) groups is 1. The van der Waals surface area contributed by atoms with E-state index in [0.29, 0.717) is 23.7 Å². The van der Waals surface area contributed by atoms with Gasteiger partial charge in [0.15, 0.2) is 0 Å². The molecule has 2 bridgehead atoms. The minimum Gasteiger partial charge on any atom is -0.497 e. The highest BCUT2D eigenvalue weighted by atomic mass is 16.5. The summed E-state index contributed by atoms with van der Waals surface area (Å²) >= 11 is 0. The molecular formula is C23H31NO2. The lowest BCUT2D eigenvalue weighted by Crippen LogP contribution is -2.65. The number of hydrogen-bond acceptors (Lipinski definition) is 3. The van der Waals surface area contributed by atoms with E-state index in [1.807, 2.05) is 0 Å². The van der Waals surface area contributed by atoms with Crippen molar-refractivity contribution < 1.29 is 9.53 Å². The van der Waals surface area contributed by atoms with Gasteiger partial charge in [-0.1, -0.05) is 19.9 Å². The molecule has 1 aliphatic heterocycles. The van der Waals surface area contributed by atoms with Gasteiger partial charge in [0.2, 0.25) is 0 Å². The fourth-order valence-electron chi connectivity index (χ4n) is 6.48. The van der Waals surface area contributed by atoms with E-state index in [1.165, 1.54) is 30.5 Å². The third-order valence-corrected chi connectivity index (χ3v) is 8.19. The van der Waals surface area contributed by atoms with Crippen LogP contribution < -0.4 is 4.74 Å². The predicted octanol–water partition coefficient (Wildman–Crippen LogP) is 3.83. The Bertz CT molecular complexity index is 740. The zero-order valence-corrected chi connectivity index (χ0v) is 16.3. The molecule has 26 heavy (non-hydrogen) atoms. The molecule has 3 nitrogen and oxygen atoms in total. The molecule has 0 aromatic heterocycles. The van der Waals surface area contributed by atoms with Crippen LogP contribution in [-0.4, -0.2) is 36.9 Å². The van der Waals surface area contributed by atoms with E-state index < -0.39 is 0 Å². The number of ketones is 1. The Morgan fingerprint density at radius 1 is 1.27 bits per heavy atom. The van der Waals surface area contributed by atoms with Crippen molar-refractivity contribution in [1.82, 2.24) is 4.90 Å². The van der Waals surface area contributed by atoms with Crippen molar-refractivity contribution in [2.24, 2.45) is 23.7 Å². The lowest BCUT2D eigenvalue weighted by Gasteiger charge is -2.61. The minimum atomic E-state index is 0.0376. The van der Waals surface area contributed by atoms with E-state index in [9.17, 15) is 4.79 Å². The van der Waals surface area contributed by atoms with Crippen LogP contribution in [0.4, 0.5) is 0 Å². The number of rotatable bonds is 3. The second-order valence-corrected chi connectivity index (χ2v) is 9.46. The Labute approximate surface area is 157 Å². The smallest absolute Gasteiger partial charge is 0.136 e. The first-order valence-electron chi connectivity index (χ1n) is 10.5. The summed E-state index contributed by atoms with van der Waals surface area (Å²) in [6.45, 7) is 6.95. The Morgan fingerprint density at radius 2 is 2.08 bits per heavy atom. The molecule has 0 N–H and O–H groups in total. The third-order valence-electron chi connectivity index (χ3n) is 8.19. The van der Waals surface area contributed by atoms with Gasteiger partial charge in [-0.15, -0.1) is 0 Å². The molecule has 1 heterocycles. The highest BCUT2D eigenvalue weighted by Crippen LogP contribution is 2.58. The largest absolute Gasteiger partial charge is 0.497 e. The van der Waals surface area contributed by atoms with Gasteiger partial charge in [-0.05, 0) is 73.2 Å². The molecule has 0 amide bonds. The van der Waals surface area contributed by atoms with Crippen molar-refractivity contribution in [3.8, 4) is 5.75 Å². The van der Waals surface area contributed by atoms with Gasteiger partial charge in [-0.2, -0.15) is 0 Å². The molecule has 5 rings (SSSR count). The molecule has 1 saturated heterocycles. The molecule has 3 heteroatoms. The Balaban J connectivity index is 1.63. The van der Waals surface area contributed by atoms with Gasteiger partial charge < -0.3 is 4.74 Å². The van der Waals surface area contributed by atoms with E-state index >= 15 is 0 Å². The molecule has 140 valence electrons. The maximum atomic E-state index is 12.9. The topological polar surface area (TPSA) is 29.5 Å². The first kappa shape index (κ1) is 16.8. The van der Waals surface area contributed by atoms with E-state index in [4.69, 9.17) is 4.74 Å². The maximum Gasteiger partial charge on any atom is 0.136 e.